The van der Waals surface area contributed by atoms with Gasteiger partial charge in [0.2, 0.25) is 11.8 Å². The molecule has 4 N–H and O–H groups in total. The van der Waals surface area contributed by atoms with E-state index in [1.807, 2.05) is 6.92 Å². The molecule has 0 saturated heterocycles. The van der Waals surface area contributed by atoms with Gasteiger partial charge in [-0.05, 0) is 62.6 Å². The van der Waals surface area contributed by atoms with E-state index in [9.17, 15) is 29.4 Å². The van der Waals surface area contributed by atoms with Crippen LogP contribution in [0, 0.1) is 0 Å². The molecule has 0 aliphatic heterocycles. The zero-order valence-corrected chi connectivity index (χ0v) is 24.3. The van der Waals surface area contributed by atoms with E-state index in [-0.39, 0.29) is 24.5 Å². The van der Waals surface area contributed by atoms with Crippen LogP contribution >= 0.6 is 0 Å². The van der Waals surface area contributed by atoms with Crippen molar-refractivity contribution < 1.29 is 38.9 Å². The van der Waals surface area contributed by atoms with Crippen LogP contribution in [0.2, 0.25) is 0 Å². The van der Waals surface area contributed by atoms with Crippen LogP contribution in [-0.2, 0) is 30.3 Å². The van der Waals surface area contributed by atoms with E-state index in [0.29, 0.717) is 17.5 Å². The van der Waals surface area contributed by atoms with Crippen molar-refractivity contribution in [3.8, 4) is 11.5 Å². The van der Waals surface area contributed by atoms with Crippen molar-refractivity contribution >= 4 is 23.9 Å². The molecule has 0 spiro atoms. The monoisotopic (exact) mass is 571 g/mol. The highest BCUT2D eigenvalue weighted by atomic mass is 16.6. The maximum absolute atomic E-state index is 14.3. The molecule has 224 valence electrons. The number of rotatable bonds is 13. The Bertz CT molecular complexity index is 1160. The van der Waals surface area contributed by atoms with Crippen molar-refractivity contribution in [1.29, 1.82) is 0 Å². The number of nitrogens with zero attached hydrogens (tertiary/aromatic N) is 1. The SMILES string of the molecule is CCCCCN(C(=O)C(Cc1ccc(O)cc1)NC(=O)OC(C)(C)C)C(C(=O)NCC(=O)OC)c1ccc(O)cc1. The van der Waals surface area contributed by atoms with E-state index in [4.69, 9.17) is 4.74 Å². The minimum atomic E-state index is -1.19. The number of phenolic OH excluding ortho intramolecular Hbond substituents is 2. The normalized spacial score (nSPS) is 12.5. The smallest absolute Gasteiger partial charge is 0.408 e. The Hall–Kier alpha value is -4.28. The minimum Gasteiger partial charge on any atom is -0.508 e. The molecule has 0 aliphatic carbocycles. The zero-order valence-electron chi connectivity index (χ0n) is 24.3. The van der Waals surface area contributed by atoms with Crippen molar-refractivity contribution in [3.05, 3.63) is 59.7 Å². The molecule has 0 saturated carbocycles. The summed E-state index contributed by atoms with van der Waals surface area (Å²) >= 11 is 0. The summed E-state index contributed by atoms with van der Waals surface area (Å²) in [5, 5.41) is 24.7. The van der Waals surface area contributed by atoms with Gasteiger partial charge < -0.3 is 35.2 Å². The quantitative estimate of drug-likeness (QED) is 0.210. The number of phenols is 2. The lowest BCUT2D eigenvalue weighted by molar-refractivity contribution is -0.144. The summed E-state index contributed by atoms with van der Waals surface area (Å²) in [4.78, 5) is 53.8. The Morgan fingerprint density at radius 2 is 1.51 bits per heavy atom. The number of amides is 3. The van der Waals surface area contributed by atoms with Crippen molar-refractivity contribution in [2.75, 3.05) is 20.2 Å². The molecular weight excluding hydrogens is 530 g/mol. The standard InChI is InChI=1S/C30H41N3O8/c1-6-7-8-17-33(26(21-11-15-23(35)16-12-21)27(37)31-19-25(36)40-5)28(38)24(32-29(39)41-30(2,3)4)18-20-9-13-22(34)14-10-20/h9-16,24,26,34-35H,6-8,17-19H2,1-5H3,(H,31,37)(H,32,39). The Morgan fingerprint density at radius 1 is 0.927 bits per heavy atom. The number of benzene rings is 2. The van der Waals surface area contributed by atoms with Crippen molar-refractivity contribution in [1.82, 2.24) is 15.5 Å². The van der Waals surface area contributed by atoms with Gasteiger partial charge in [-0.2, -0.15) is 0 Å². The molecule has 41 heavy (non-hydrogen) atoms. The van der Waals surface area contributed by atoms with E-state index in [1.54, 1.807) is 32.9 Å². The lowest BCUT2D eigenvalue weighted by Crippen LogP contribution is -2.54. The molecule has 2 aromatic rings. The molecule has 0 heterocycles. The van der Waals surface area contributed by atoms with Gasteiger partial charge in [-0.25, -0.2) is 4.79 Å². The molecule has 0 aliphatic rings. The van der Waals surface area contributed by atoms with Crippen LogP contribution in [0.1, 0.15) is 64.1 Å². The van der Waals surface area contributed by atoms with Crippen molar-refractivity contribution in [2.24, 2.45) is 0 Å². The van der Waals surface area contributed by atoms with Gasteiger partial charge >= 0.3 is 12.1 Å². The van der Waals surface area contributed by atoms with Gasteiger partial charge in [0.1, 0.15) is 35.7 Å². The number of carbonyl (C=O) groups excluding carboxylic acids is 4. The van der Waals surface area contributed by atoms with Crippen LogP contribution < -0.4 is 10.6 Å². The van der Waals surface area contributed by atoms with Gasteiger partial charge in [-0.15, -0.1) is 0 Å². The number of aromatic hydroxyl groups is 2. The van der Waals surface area contributed by atoms with E-state index in [2.05, 4.69) is 15.4 Å². The molecule has 0 bridgehead atoms. The van der Waals surface area contributed by atoms with Crippen LogP contribution in [0.5, 0.6) is 11.5 Å². The molecule has 2 rings (SSSR count). The molecule has 11 nitrogen and oxygen atoms in total. The first kappa shape index (κ1) is 32.9. The number of unbranched alkanes of at least 4 members (excludes halogenated alkanes) is 2. The number of carbonyl (C=O) groups is 4. The predicted molar refractivity (Wildman–Crippen MR) is 152 cm³/mol. The fraction of sp³-hybridized carbons (Fsp3) is 0.467. The summed E-state index contributed by atoms with van der Waals surface area (Å²) in [5.74, 6) is -1.82. The predicted octanol–water partition coefficient (Wildman–Crippen LogP) is 3.58. The second-order valence-electron chi connectivity index (χ2n) is 10.6. The molecule has 0 radical (unpaired) electrons. The van der Waals surface area contributed by atoms with Crippen molar-refractivity contribution in [3.63, 3.8) is 0 Å². The number of esters is 1. The number of methoxy groups -OCH3 is 1. The fourth-order valence-corrected chi connectivity index (χ4v) is 4.07. The number of hydrogen-bond donors (Lipinski definition) is 4. The molecular formula is C30H41N3O8. The van der Waals surface area contributed by atoms with E-state index in [1.165, 1.54) is 48.4 Å². The summed E-state index contributed by atoms with van der Waals surface area (Å²) in [6.45, 7) is 6.87. The Balaban J connectivity index is 2.54. The highest BCUT2D eigenvalue weighted by Gasteiger charge is 2.36. The van der Waals surface area contributed by atoms with E-state index in [0.717, 1.165) is 12.8 Å². The molecule has 0 aromatic heterocycles. The van der Waals surface area contributed by atoms with Gasteiger partial charge in [0, 0.05) is 13.0 Å². The van der Waals surface area contributed by atoms with Gasteiger partial charge in [0.05, 0.1) is 7.11 Å². The Labute approximate surface area is 240 Å². The number of ether oxygens (including phenoxy) is 2. The largest absolute Gasteiger partial charge is 0.508 e. The lowest BCUT2D eigenvalue weighted by atomic mass is 9.99. The van der Waals surface area contributed by atoms with E-state index >= 15 is 0 Å². The van der Waals surface area contributed by atoms with Crippen LogP contribution in [0.4, 0.5) is 4.79 Å². The number of hydrogen-bond acceptors (Lipinski definition) is 8. The van der Waals surface area contributed by atoms with E-state index < -0.39 is 48.1 Å². The van der Waals surface area contributed by atoms with Crippen LogP contribution in [-0.4, -0.2) is 70.8 Å². The summed E-state index contributed by atoms with van der Waals surface area (Å²) in [5.41, 5.74) is 0.233. The number of nitrogens with one attached hydrogen (secondary N) is 2. The van der Waals surface area contributed by atoms with Crippen LogP contribution in [0.15, 0.2) is 48.5 Å². The molecule has 2 aromatic carbocycles. The summed E-state index contributed by atoms with van der Waals surface area (Å²) < 4.78 is 10.1. The van der Waals surface area contributed by atoms with Gasteiger partial charge in [0.15, 0.2) is 0 Å². The summed E-state index contributed by atoms with van der Waals surface area (Å²) in [7, 11) is 1.20. The summed E-state index contributed by atoms with van der Waals surface area (Å²) in [6.07, 6.45) is 1.44. The first-order valence-electron chi connectivity index (χ1n) is 13.6. The average Bonchev–Trinajstić information content (AvgIpc) is 2.91. The van der Waals surface area contributed by atoms with Gasteiger partial charge in [0.25, 0.3) is 0 Å². The average molecular weight is 572 g/mol. The third-order valence-corrected chi connectivity index (χ3v) is 6.05. The highest BCUT2D eigenvalue weighted by molar-refractivity contribution is 5.93. The van der Waals surface area contributed by atoms with Crippen LogP contribution in [0.3, 0.4) is 0 Å². The molecule has 11 heteroatoms. The zero-order chi connectivity index (χ0) is 30.6. The lowest BCUT2D eigenvalue weighted by Gasteiger charge is -2.34. The fourth-order valence-electron chi connectivity index (χ4n) is 4.07. The maximum atomic E-state index is 14.3. The van der Waals surface area contributed by atoms with Crippen molar-refractivity contribution in [2.45, 2.75) is 71.1 Å². The maximum Gasteiger partial charge on any atom is 0.408 e. The second-order valence-corrected chi connectivity index (χ2v) is 10.6. The number of alkyl carbamates (subject to hydrolysis) is 1. The molecule has 3 amide bonds. The summed E-state index contributed by atoms with van der Waals surface area (Å²) in [6, 6.07) is 9.74. The Kier molecular flexibility index (Phi) is 12.4. The molecule has 0 fully saturated rings. The Morgan fingerprint density at radius 3 is 2.05 bits per heavy atom. The second kappa shape index (κ2) is 15.5. The van der Waals surface area contributed by atoms with Crippen LogP contribution in [0.25, 0.3) is 0 Å². The first-order chi connectivity index (χ1) is 19.3. The minimum absolute atomic E-state index is 0.0249. The topological polar surface area (TPSA) is 154 Å². The third kappa shape index (κ3) is 11.0. The third-order valence-electron chi connectivity index (χ3n) is 6.05. The molecule has 2 atom stereocenters. The highest BCUT2D eigenvalue weighted by Crippen LogP contribution is 2.26. The first-order valence-corrected chi connectivity index (χ1v) is 13.6. The van der Waals surface area contributed by atoms with Gasteiger partial charge in [-0.3, -0.25) is 14.4 Å². The van der Waals surface area contributed by atoms with Gasteiger partial charge in [-0.1, -0.05) is 44.0 Å². The molecule has 2 unspecified atom stereocenters.